The number of nitrogens with zero attached hydrogens (tertiary/aromatic N) is 5. The van der Waals surface area contributed by atoms with Gasteiger partial charge in [-0.2, -0.15) is 23.5 Å². The first-order valence-electron chi connectivity index (χ1n) is 7.41. The van der Waals surface area contributed by atoms with E-state index in [4.69, 9.17) is 40.1 Å². The molecule has 0 unspecified atom stereocenters. The highest BCUT2D eigenvalue weighted by atomic mass is 35.5. The van der Waals surface area contributed by atoms with Gasteiger partial charge in [0.15, 0.2) is 11.5 Å². The van der Waals surface area contributed by atoms with Crippen molar-refractivity contribution in [3.8, 4) is 11.8 Å². The van der Waals surface area contributed by atoms with Gasteiger partial charge in [0.2, 0.25) is 0 Å². The molecule has 142 valence electrons. The molecule has 0 aliphatic rings. The maximum atomic E-state index is 12.9. The zero-order valence-electron chi connectivity index (χ0n) is 13.5. The van der Waals surface area contributed by atoms with Crippen LogP contribution in [0.3, 0.4) is 0 Å². The Hall–Kier alpha value is -2.60. The number of benzene rings is 1. The van der Waals surface area contributed by atoms with E-state index in [2.05, 4.69) is 15.1 Å². The molecular weight excluding hydrogens is 438 g/mol. The summed E-state index contributed by atoms with van der Waals surface area (Å²) in [4.78, 5) is 8.11. The lowest BCUT2D eigenvalue weighted by Crippen LogP contribution is -2.07. The normalized spacial score (nSPS) is 11.8. The van der Waals surface area contributed by atoms with Gasteiger partial charge in [-0.05, 0) is 24.3 Å². The molecular formula is C17H7Cl3F3N5. The van der Waals surface area contributed by atoms with Crippen LogP contribution in [0.1, 0.15) is 16.8 Å². The molecule has 0 aliphatic carbocycles. The van der Waals surface area contributed by atoms with E-state index in [1.807, 2.05) is 6.07 Å². The van der Waals surface area contributed by atoms with Crippen molar-refractivity contribution in [1.82, 2.24) is 14.8 Å². The lowest BCUT2D eigenvalue weighted by molar-refractivity contribution is -0.137. The summed E-state index contributed by atoms with van der Waals surface area (Å²) in [6.45, 7) is 0. The molecule has 11 heteroatoms. The van der Waals surface area contributed by atoms with Crippen LogP contribution in [0.4, 0.5) is 19.0 Å². The second kappa shape index (κ2) is 7.80. The Balaban J connectivity index is 2.09. The Labute approximate surface area is 171 Å². The van der Waals surface area contributed by atoms with Gasteiger partial charge in [-0.1, -0.05) is 34.8 Å². The van der Waals surface area contributed by atoms with Crippen LogP contribution >= 0.6 is 34.8 Å². The molecule has 0 bridgehead atoms. The van der Waals surface area contributed by atoms with E-state index >= 15 is 0 Å². The van der Waals surface area contributed by atoms with E-state index in [9.17, 15) is 13.2 Å². The third-order valence-electron chi connectivity index (χ3n) is 3.46. The van der Waals surface area contributed by atoms with Gasteiger partial charge >= 0.3 is 6.18 Å². The fourth-order valence-corrected chi connectivity index (χ4v) is 2.98. The number of nitriles is 1. The van der Waals surface area contributed by atoms with Crippen LogP contribution in [-0.4, -0.2) is 21.0 Å². The minimum Gasteiger partial charge on any atom is -0.244 e. The predicted octanol–water partition coefficient (Wildman–Crippen LogP) is 5.87. The van der Waals surface area contributed by atoms with Crippen molar-refractivity contribution < 1.29 is 13.2 Å². The second-order valence-corrected chi connectivity index (χ2v) is 6.57. The largest absolute Gasteiger partial charge is 0.416 e. The van der Waals surface area contributed by atoms with Crippen molar-refractivity contribution in [2.45, 2.75) is 6.18 Å². The van der Waals surface area contributed by atoms with Crippen molar-refractivity contribution >= 4 is 46.8 Å². The molecule has 0 N–H and O–H groups in total. The van der Waals surface area contributed by atoms with Crippen LogP contribution in [0.5, 0.6) is 0 Å². The van der Waals surface area contributed by atoms with Gasteiger partial charge in [-0.15, -0.1) is 0 Å². The van der Waals surface area contributed by atoms with Crippen molar-refractivity contribution in [3.05, 3.63) is 68.5 Å². The molecule has 0 saturated heterocycles. The van der Waals surface area contributed by atoms with Crippen molar-refractivity contribution in [1.29, 1.82) is 5.26 Å². The fraction of sp³-hybridized carbons (Fsp3) is 0.0588. The minimum absolute atomic E-state index is 0.0200. The molecule has 0 fully saturated rings. The first-order valence-corrected chi connectivity index (χ1v) is 8.55. The lowest BCUT2D eigenvalue weighted by atomic mass is 10.2. The lowest BCUT2D eigenvalue weighted by Gasteiger charge is -2.13. The summed E-state index contributed by atoms with van der Waals surface area (Å²) in [5, 5.41) is 12.8. The number of aliphatic imine (C=N–C) groups is 1. The van der Waals surface area contributed by atoms with Crippen LogP contribution in [0.15, 0.2) is 41.5 Å². The Morgan fingerprint density at radius 2 is 1.79 bits per heavy atom. The van der Waals surface area contributed by atoms with Crippen LogP contribution in [0.25, 0.3) is 5.69 Å². The minimum atomic E-state index is -4.61. The summed E-state index contributed by atoms with van der Waals surface area (Å²) >= 11 is 17.8. The van der Waals surface area contributed by atoms with Gasteiger partial charge in [0.1, 0.15) is 16.9 Å². The molecule has 2 heterocycles. The molecule has 0 atom stereocenters. The van der Waals surface area contributed by atoms with Gasteiger partial charge in [0, 0.05) is 24.0 Å². The molecule has 3 aromatic rings. The van der Waals surface area contributed by atoms with Crippen molar-refractivity contribution in [3.63, 3.8) is 0 Å². The van der Waals surface area contributed by atoms with Crippen molar-refractivity contribution in [2.24, 2.45) is 4.99 Å². The summed E-state index contributed by atoms with van der Waals surface area (Å²) in [6, 6.07) is 7.85. The van der Waals surface area contributed by atoms with Gasteiger partial charge in [-0.3, -0.25) is 0 Å². The Morgan fingerprint density at radius 3 is 2.32 bits per heavy atom. The highest BCUT2D eigenvalue weighted by molar-refractivity contribution is 6.38. The molecule has 0 amide bonds. The number of pyridine rings is 1. The van der Waals surface area contributed by atoms with E-state index in [1.54, 1.807) is 12.1 Å². The predicted molar refractivity (Wildman–Crippen MR) is 99.8 cm³/mol. The molecule has 0 radical (unpaired) electrons. The highest BCUT2D eigenvalue weighted by Crippen LogP contribution is 2.38. The summed E-state index contributed by atoms with van der Waals surface area (Å²) in [7, 11) is 0. The number of rotatable bonds is 3. The molecule has 0 spiro atoms. The summed E-state index contributed by atoms with van der Waals surface area (Å²) in [5.74, 6) is 0.134. The summed E-state index contributed by atoms with van der Waals surface area (Å²) in [5.41, 5.74) is -0.455. The van der Waals surface area contributed by atoms with Gasteiger partial charge < -0.3 is 0 Å². The van der Waals surface area contributed by atoms with E-state index in [0.29, 0.717) is 10.7 Å². The third-order valence-corrected chi connectivity index (χ3v) is 4.26. The molecule has 1 aromatic carbocycles. The molecule has 0 aliphatic heterocycles. The monoisotopic (exact) mass is 443 g/mol. The Bertz CT molecular complexity index is 1080. The number of hydrogen-bond acceptors (Lipinski definition) is 4. The molecule has 5 nitrogen and oxygen atoms in total. The maximum absolute atomic E-state index is 12.9. The van der Waals surface area contributed by atoms with Crippen LogP contribution < -0.4 is 0 Å². The standard InChI is InChI=1S/C17H7Cl3F3N5/c18-12-3-10(17(21,22)23)4-13(19)16(12)28-15(5-11(6-24)27-28)26-8-9-1-2-14(20)25-7-9/h1-5,7-8H. The average Bonchev–Trinajstić information content (AvgIpc) is 3.03. The van der Waals surface area contributed by atoms with Crippen molar-refractivity contribution in [2.75, 3.05) is 0 Å². The van der Waals surface area contributed by atoms with Crippen LogP contribution in [0.2, 0.25) is 15.2 Å². The number of hydrogen-bond donors (Lipinski definition) is 0. The molecule has 28 heavy (non-hydrogen) atoms. The summed E-state index contributed by atoms with van der Waals surface area (Å²) < 4.78 is 39.9. The smallest absolute Gasteiger partial charge is 0.244 e. The number of halogens is 6. The quantitative estimate of drug-likeness (QED) is 0.375. The second-order valence-electron chi connectivity index (χ2n) is 5.37. The van der Waals surface area contributed by atoms with E-state index < -0.39 is 11.7 Å². The first kappa shape index (κ1) is 20.1. The topological polar surface area (TPSA) is 66.9 Å². The zero-order chi connectivity index (χ0) is 20.5. The molecule has 2 aromatic heterocycles. The third kappa shape index (κ3) is 4.28. The number of aromatic nitrogens is 3. The average molecular weight is 445 g/mol. The van der Waals surface area contributed by atoms with Gasteiger partial charge in [0.25, 0.3) is 0 Å². The Kier molecular flexibility index (Phi) is 5.61. The van der Waals surface area contributed by atoms with E-state index in [0.717, 1.165) is 16.8 Å². The maximum Gasteiger partial charge on any atom is 0.416 e. The SMILES string of the molecule is N#Cc1cc(N=Cc2ccc(Cl)nc2)n(-c2c(Cl)cc(C(F)(F)F)cc2Cl)n1. The molecule has 0 saturated carbocycles. The van der Waals surface area contributed by atoms with Crippen LogP contribution in [-0.2, 0) is 6.18 Å². The number of alkyl halides is 3. The van der Waals surface area contributed by atoms with Gasteiger partial charge in [-0.25, -0.2) is 14.7 Å². The zero-order valence-corrected chi connectivity index (χ0v) is 15.8. The Morgan fingerprint density at radius 1 is 1.11 bits per heavy atom. The first-order chi connectivity index (χ1) is 13.2. The van der Waals surface area contributed by atoms with Gasteiger partial charge in [0.05, 0.1) is 15.6 Å². The fourth-order valence-electron chi connectivity index (χ4n) is 2.22. The molecule has 3 rings (SSSR count). The van der Waals surface area contributed by atoms with E-state index in [1.165, 1.54) is 18.5 Å². The van der Waals surface area contributed by atoms with Crippen LogP contribution in [0, 0.1) is 11.3 Å². The highest BCUT2D eigenvalue weighted by Gasteiger charge is 2.32. The summed E-state index contributed by atoms with van der Waals surface area (Å²) in [6.07, 6.45) is -1.73. The van der Waals surface area contributed by atoms with E-state index in [-0.39, 0.29) is 27.2 Å².